The molecule has 98 valence electrons. The second kappa shape index (κ2) is 5.53. The van der Waals surface area contributed by atoms with Crippen LogP contribution in [-0.2, 0) is 4.74 Å². The molecule has 0 aromatic heterocycles. The van der Waals surface area contributed by atoms with Gasteiger partial charge in [-0.1, -0.05) is 23.4 Å². The Morgan fingerprint density at radius 3 is 2.28 bits per heavy atom. The van der Waals surface area contributed by atoms with Crippen molar-refractivity contribution in [1.82, 2.24) is 0 Å². The first-order chi connectivity index (χ1) is 8.35. The van der Waals surface area contributed by atoms with Crippen LogP contribution in [0.15, 0.2) is 35.5 Å². The molecule has 1 aromatic rings. The number of ether oxygens (including phenoxy) is 1. The molecule has 0 fully saturated rings. The van der Waals surface area contributed by atoms with Crippen molar-refractivity contribution in [2.75, 3.05) is 4.90 Å². The third kappa shape index (κ3) is 3.76. The van der Waals surface area contributed by atoms with Gasteiger partial charge < -0.3 is 9.94 Å². The zero-order valence-corrected chi connectivity index (χ0v) is 11.0. The monoisotopic (exact) mass is 250 g/mol. The molecule has 0 spiro atoms. The Morgan fingerprint density at radius 1 is 1.28 bits per heavy atom. The lowest BCUT2D eigenvalue weighted by Crippen LogP contribution is -2.39. The summed E-state index contributed by atoms with van der Waals surface area (Å²) in [4.78, 5) is 13.3. The Labute approximate surface area is 107 Å². The number of oxime groups is 1. The summed E-state index contributed by atoms with van der Waals surface area (Å²) in [6.45, 7) is 6.86. The van der Waals surface area contributed by atoms with Crippen LogP contribution in [0.1, 0.15) is 27.7 Å². The van der Waals surface area contributed by atoms with Crippen LogP contribution in [-0.4, -0.2) is 22.7 Å². The highest BCUT2D eigenvalue weighted by Crippen LogP contribution is 2.18. The minimum Gasteiger partial charge on any atom is -0.443 e. The molecule has 1 rings (SSSR count). The predicted molar refractivity (Wildman–Crippen MR) is 70.1 cm³/mol. The van der Waals surface area contributed by atoms with Gasteiger partial charge in [0, 0.05) is 0 Å². The predicted octanol–water partition coefficient (Wildman–Crippen LogP) is 3.24. The van der Waals surface area contributed by atoms with E-state index in [1.165, 1.54) is 11.8 Å². The van der Waals surface area contributed by atoms with Gasteiger partial charge in [0.15, 0.2) is 5.84 Å². The van der Waals surface area contributed by atoms with Gasteiger partial charge in [-0.05, 0) is 39.8 Å². The second-order valence-corrected chi connectivity index (χ2v) is 4.80. The van der Waals surface area contributed by atoms with Crippen LogP contribution in [0.4, 0.5) is 10.5 Å². The zero-order chi connectivity index (χ0) is 13.8. The molecule has 0 radical (unpaired) electrons. The fraction of sp³-hybridized carbons (Fsp3) is 0.385. The van der Waals surface area contributed by atoms with Crippen molar-refractivity contribution in [1.29, 1.82) is 0 Å². The maximum atomic E-state index is 12.1. The maximum Gasteiger partial charge on any atom is 0.420 e. The van der Waals surface area contributed by atoms with E-state index in [0.717, 1.165) is 0 Å². The van der Waals surface area contributed by atoms with Crippen molar-refractivity contribution in [2.45, 2.75) is 33.3 Å². The molecule has 0 saturated heterocycles. The summed E-state index contributed by atoms with van der Waals surface area (Å²) in [6, 6.07) is 8.88. The lowest BCUT2D eigenvalue weighted by molar-refractivity contribution is 0.0602. The van der Waals surface area contributed by atoms with Gasteiger partial charge in [0.05, 0.1) is 5.69 Å². The quantitative estimate of drug-likeness (QED) is 0.360. The maximum absolute atomic E-state index is 12.1. The molecule has 0 unspecified atom stereocenters. The van der Waals surface area contributed by atoms with E-state index in [1.54, 1.807) is 45.0 Å². The van der Waals surface area contributed by atoms with E-state index in [1.807, 2.05) is 6.07 Å². The standard InChI is InChI=1S/C13H18N2O3/c1-10(14-17)15(11-8-6-5-7-9-11)12(16)18-13(2,3)4/h5-9,17H,1-4H3/b14-10+. The number of para-hydroxylation sites is 1. The average Bonchev–Trinajstić information content (AvgIpc) is 2.28. The molecule has 5 heteroatoms. The number of carbonyl (C=O) groups is 1. The summed E-state index contributed by atoms with van der Waals surface area (Å²) in [7, 11) is 0. The Morgan fingerprint density at radius 2 is 1.83 bits per heavy atom. The van der Waals surface area contributed by atoms with E-state index in [2.05, 4.69) is 5.16 Å². The molecular weight excluding hydrogens is 232 g/mol. The normalized spacial score (nSPS) is 12.1. The Balaban J connectivity index is 3.05. The molecule has 18 heavy (non-hydrogen) atoms. The Hall–Kier alpha value is -2.04. The third-order valence-electron chi connectivity index (χ3n) is 2.06. The van der Waals surface area contributed by atoms with E-state index in [0.29, 0.717) is 5.69 Å². The van der Waals surface area contributed by atoms with Gasteiger partial charge in [-0.2, -0.15) is 0 Å². The number of nitrogens with zero attached hydrogens (tertiary/aromatic N) is 2. The Kier molecular flexibility index (Phi) is 4.31. The van der Waals surface area contributed by atoms with Gasteiger partial charge in [-0.3, -0.25) is 0 Å². The highest BCUT2D eigenvalue weighted by atomic mass is 16.6. The highest BCUT2D eigenvalue weighted by molar-refractivity contribution is 6.13. The van der Waals surface area contributed by atoms with E-state index in [9.17, 15) is 4.79 Å². The molecule has 1 amide bonds. The van der Waals surface area contributed by atoms with Crippen molar-refractivity contribution < 1.29 is 14.7 Å². The van der Waals surface area contributed by atoms with Crippen LogP contribution in [0.25, 0.3) is 0 Å². The van der Waals surface area contributed by atoms with Gasteiger partial charge in [0.1, 0.15) is 5.60 Å². The van der Waals surface area contributed by atoms with Gasteiger partial charge in [-0.25, -0.2) is 9.69 Å². The molecule has 0 bridgehead atoms. The van der Waals surface area contributed by atoms with Crippen LogP contribution < -0.4 is 4.90 Å². The number of benzene rings is 1. The van der Waals surface area contributed by atoms with Crippen molar-refractivity contribution >= 4 is 17.6 Å². The number of anilines is 1. The first kappa shape index (κ1) is 14.0. The highest BCUT2D eigenvalue weighted by Gasteiger charge is 2.25. The van der Waals surface area contributed by atoms with Gasteiger partial charge in [0.2, 0.25) is 0 Å². The van der Waals surface area contributed by atoms with E-state index in [4.69, 9.17) is 9.94 Å². The lowest BCUT2D eigenvalue weighted by Gasteiger charge is -2.26. The summed E-state index contributed by atoms with van der Waals surface area (Å²) in [5.41, 5.74) is -0.0260. The molecule has 0 heterocycles. The first-order valence-electron chi connectivity index (χ1n) is 5.62. The molecule has 1 N–H and O–H groups in total. The molecule has 0 aliphatic rings. The topological polar surface area (TPSA) is 62.1 Å². The molecule has 5 nitrogen and oxygen atoms in total. The van der Waals surface area contributed by atoms with Gasteiger partial charge in [0.25, 0.3) is 0 Å². The lowest BCUT2D eigenvalue weighted by atomic mass is 10.2. The van der Waals surface area contributed by atoms with Crippen LogP contribution >= 0.6 is 0 Å². The van der Waals surface area contributed by atoms with Crippen molar-refractivity contribution in [3.8, 4) is 0 Å². The fourth-order valence-electron chi connectivity index (χ4n) is 1.35. The SMILES string of the molecule is C/C(=N\O)N(C(=O)OC(C)(C)C)c1ccccc1. The first-order valence-corrected chi connectivity index (χ1v) is 5.62. The summed E-state index contributed by atoms with van der Waals surface area (Å²) in [6.07, 6.45) is -0.580. The fourth-order valence-corrected chi connectivity index (χ4v) is 1.35. The molecular formula is C13H18N2O3. The summed E-state index contributed by atoms with van der Waals surface area (Å²) >= 11 is 0. The largest absolute Gasteiger partial charge is 0.443 e. The number of hydrogen-bond acceptors (Lipinski definition) is 4. The molecule has 0 atom stereocenters. The van der Waals surface area contributed by atoms with Gasteiger partial charge >= 0.3 is 6.09 Å². The zero-order valence-electron chi connectivity index (χ0n) is 11.0. The molecule has 0 aliphatic heterocycles. The minimum atomic E-state index is -0.611. The van der Waals surface area contributed by atoms with Crippen LogP contribution in [0.5, 0.6) is 0 Å². The van der Waals surface area contributed by atoms with E-state index < -0.39 is 11.7 Å². The summed E-state index contributed by atoms with van der Waals surface area (Å²) in [5, 5.41) is 11.9. The van der Waals surface area contributed by atoms with Crippen molar-refractivity contribution in [3.63, 3.8) is 0 Å². The second-order valence-electron chi connectivity index (χ2n) is 4.80. The minimum absolute atomic E-state index is 0.149. The van der Waals surface area contributed by atoms with Gasteiger partial charge in [-0.15, -0.1) is 0 Å². The van der Waals surface area contributed by atoms with Crippen molar-refractivity contribution in [2.24, 2.45) is 5.16 Å². The number of rotatable bonds is 1. The summed E-state index contributed by atoms with van der Waals surface area (Å²) in [5.74, 6) is 0.149. The third-order valence-corrected chi connectivity index (χ3v) is 2.06. The van der Waals surface area contributed by atoms with Crippen molar-refractivity contribution in [3.05, 3.63) is 30.3 Å². The van der Waals surface area contributed by atoms with E-state index >= 15 is 0 Å². The van der Waals surface area contributed by atoms with E-state index in [-0.39, 0.29) is 5.84 Å². The number of hydrogen-bond donors (Lipinski definition) is 1. The Bertz CT molecular complexity index is 435. The van der Waals surface area contributed by atoms with Crippen LogP contribution in [0.2, 0.25) is 0 Å². The number of amides is 1. The molecule has 1 aromatic carbocycles. The average molecular weight is 250 g/mol. The number of amidine groups is 1. The molecule has 0 aliphatic carbocycles. The number of carbonyl (C=O) groups excluding carboxylic acids is 1. The molecule has 0 saturated carbocycles. The van der Waals surface area contributed by atoms with Crippen LogP contribution in [0.3, 0.4) is 0 Å². The summed E-state index contributed by atoms with van der Waals surface area (Å²) < 4.78 is 5.27. The smallest absolute Gasteiger partial charge is 0.420 e. The van der Waals surface area contributed by atoms with Crippen LogP contribution in [0, 0.1) is 0 Å².